The summed E-state index contributed by atoms with van der Waals surface area (Å²) in [5, 5.41) is 17.0. The third-order valence-corrected chi connectivity index (χ3v) is 3.12. The third kappa shape index (κ3) is 2.62. The number of hydrogen-bond donors (Lipinski definition) is 2. The first kappa shape index (κ1) is 12.4. The highest BCUT2D eigenvalue weighted by Gasteiger charge is 2.14. The molecule has 0 amide bonds. The van der Waals surface area contributed by atoms with Crippen LogP contribution in [0.3, 0.4) is 0 Å². The third-order valence-electron chi connectivity index (χ3n) is 2.26. The van der Waals surface area contributed by atoms with E-state index >= 15 is 0 Å². The summed E-state index contributed by atoms with van der Waals surface area (Å²) in [6.45, 7) is 1.69. The van der Waals surface area contributed by atoms with E-state index in [2.05, 4.69) is 10.2 Å². The van der Waals surface area contributed by atoms with Crippen LogP contribution in [0.1, 0.15) is 21.8 Å². The number of nitrogens with zero attached hydrogens (tertiary/aromatic N) is 2. The first-order valence-electron chi connectivity index (χ1n) is 5.11. The number of aromatic carboxylic acids is 1. The molecule has 2 rings (SSSR count). The normalized spacial score (nSPS) is 10.5. The van der Waals surface area contributed by atoms with Crippen LogP contribution in [-0.2, 0) is 5.75 Å². The molecule has 2 aromatic rings. The fourth-order valence-corrected chi connectivity index (χ4v) is 2.27. The van der Waals surface area contributed by atoms with Crippen molar-refractivity contribution >= 4 is 23.4 Å². The van der Waals surface area contributed by atoms with Crippen molar-refractivity contribution in [2.45, 2.75) is 17.9 Å². The minimum atomic E-state index is -1.04. The number of anilines is 1. The zero-order valence-electron chi connectivity index (χ0n) is 9.58. The summed E-state index contributed by atoms with van der Waals surface area (Å²) >= 11 is 1.28. The molecule has 0 bridgehead atoms. The molecule has 7 heteroatoms. The molecule has 1 aromatic carbocycles. The molecular formula is C11H11N3O3S. The van der Waals surface area contributed by atoms with Crippen LogP contribution >= 0.6 is 11.8 Å². The molecule has 3 N–H and O–H groups in total. The molecule has 0 aliphatic carbocycles. The van der Waals surface area contributed by atoms with Gasteiger partial charge in [-0.15, -0.1) is 10.2 Å². The van der Waals surface area contributed by atoms with Crippen LogP contribution < -0.4 is 5.73 Å². The minimum absolute atomic E-state index is 0.126. The van der Waals surface area contributed by atoms with Crippen LogP contribution in [0.4, 0.5) is 5.69 Å². The molecule has 0 saturated carbocycles. The highest BCUT2D eigenvalue weighted by molar-refractivity contribution is 7.98. The van der Waals surface area contributed by atoms with E-state index in [1.807, 2.05) is 0 Å². The Hall–Kier alpha value is -2.02. The van der Waals surface area contributed by atoms with Crippen LogP contribution in [-0.4, -0.2) is 21.3 Å². The van der Waals surface area contributed by atoms with Gasteiger partial charge in [0.1, 0.15) is 0 Å². The van der Waals surface area contributed by atoms with Gasteiger partial charge in [0.25, 0.3) is 5.22 Å². The summed E-state index contributed by atoms with van der Waals surface area (Å²) in [4.78, 5) is 11.1. The Morgan fingerprint density at radius 1 is 1.50 bits per heavy atom. The van der Waals surface area contributed by atoms with Crippen molar-refractivity contribution in [3.8, 4) is 0 Å². The predicted molar refractivity (Wildman–Crippen MR) is 66.4 cm³/mol. The lowest BCUT2D eigenvalue weighted by atomic mass is 10.1. The van der Waals surface area contributed by atoms with Gasteiger partial charge in [-0.2, -0.15) is 0 Å². The number of nitrogens with two attached hydrogens (primary N) is 1. The molecule has 18 heavy (non-hydrogen) atoms. The number of rotatable bonds is 4. The fraction of sp³-hybridized carbons (Fsp3) is 0.182. The van der Waals surface area contributed by atoms with Gasteiger partial charge in [0.15, 0.2) is 0 Å². The van der Waals surface area contributed by atoms with Gasteiger partial charge in [-0.05, 0) is 11.6 Å². The summed E-state index contributed by atoms with van der Waals surface area (Å²) in [5.41, 5.74) is 6.66. The summed E-state index contributed by atoms with van der Waals surface area (Å²) < 4.78 is 5.20. The van der Waals surface area contributed by atoms with Crippen molar-refractivity contribution in [3.05, 3.63) is 35.2 Å². The number of nitrogen functional groups attached to an aromatic ring is 1. The summed E-state index contributed by atoms with van der Waals surface area (Å²) in [7, 11) is 0. The molecule has 0 aliphatic rings. The lowest BCUT2D eigenvalue weighted by Gasteiger charge is -2.06. The second-order valence-corrected chi connectivity index (χ2v) is 4.49. The lowest BCUT2D eigenvalue weighted by molar-refractivity contribution is 0.0697. The van der Waals surface area contributed by atoms with Crippen molar-refractivity contribution in [1.29, 1.82) is 0 Å². The van der Waals surface area contributed by atoms with Gasteiger partial charge in [0.2, 0.25) is 5.89 Å². The molecule has 0 atom stereocenters. The molecule has 0 saturated heterocycles. The van der Waals surface area contributed by atoms with E-state index in [4.69, 9.17) is 15.3 Å². The molecule has 1 heterocycles. The van der Waals surface area contributed by atoms with Crippen LogP contribution in [0.2, 0.25) is 0 Å². The molecule has 0 radical (unpaired) electrons. The van der Waals surface area contributed by atoms with E-state index < -0.39 is 5.97 Å². The van der Waals surface area contributed by atoms with Gasteiger partial charge < -0.3 is 15.3 Å². The van der Waals surface area contributed by atoms with Crippen LogP contribution in [0.15, 0.2) is 27.8 Å². The SMILES string of the molecule is Cc1nnc(SCc2cccc(N)c2C(=O)O)o1. The number of hydrogen-bond acceptors (Lipinski definition) is 6. The Balaban J connectivity index is 2.19. The Kier molecular flexibility index (Phi) is 3.52. The maximum atomic E-state index is 11.1. The van der Waals surface area contributed by atoms with E-state index in [1.54, 1.807) is 25.1 Å². The second-order valence-electron chi connectivity index (χ2n) is 3.56. The van der Waals surface area contributed by atoms with Gasteiger partial charge in [0, 0.05) is 18.4 Å². The highest BCUT2D eigenvalue weighted by atomic mass is 32.2. The van der Waals surface area contributed by atoms with Crippen LogP contribution in [0, 0.1) is 6.92 Å². The number of carboxylic acid groups (broad SMARTS) is 1. The Bertz CT molecular complexity index is 583. The van der Waals surface area contributed by atoms with Crippen molar-refractivity contribution in [2.24, 2.45) is 0 Å². The molecule has 0 aliphatic heterocycles. The van der Waals surface area contributed by atoms with Gasteiger partial charge in [0.05, 0.1) is 5.56 Å². The number of carboxylic acids is 1. The predicted octanol–water partition coefficient (Wildman–Crippen LogP) is 1.95. The van der Waals surface area contributed by atoms with E-state index in [1.165, 1.54) is 11.8 Å². The molecule has 94 valence electrons. The van der Waals surface area contributed by atoms with E-state index in [-0.39, 0.29) is 11.3 Å². The van der Waals surface area contributed by atoms with Crippen molar-refractivity contribution in [3.63, 3.8) is 0 Å². The van der Waals surface area contributed by atoms with Gasteiger partial charge in [-0.1, -0.05) is 23.9 Å². The average molecular weight is 265 g/mol. The van der Waals surface area contributed by atoms with E-state index in [9.17, 15) is 4.79 Å². The van der Waals surface area contributed by atoms with Gasteiger partial charge >= 0.3 is 5.97 Å². The summed E-state index contributed by atoms with van der Waals surface area (Å²) in [6.07, 6.45) is 0. The molecule has 1 aromatic heterocycles. The number of benzene rings is 1. The fourth-order valence-electron chi connectivity index (χ4n) is 1.48. The van der Waals surface area contributed by atoms with Gasteiger partial charge in [-0.25, -0.2) is 4.79 Å². The highest BCUT2D eigenvalue weighted by Crippen LogP contribution is 2.25. The van der Waals surface area contributed by atoms with Crippen LogP contribution in [0.25, 0.3) is 0 Å². The Morgan fingerprint density at radius 3 is 2.89 bits per heavy atom. The van der Waals surface area contributed by atoms with Crippen molar-refractivity contribution < 1.29 is 14.3 Å². The average Bonchev–Trinajstić information content (AvgIpc) is 2.72. The van der Waals surface area contributed by atoms with Crippen molar-refractivity contribution in [2.75, 3.05) is 5.73 Å². The zero-order valence-corrected chi connectivity index (χ0v) is 10.4. The quantitative estimate of drug-likeness (QED) is 0.643. The minimum Gasteiger partial charge on any atom is -0.478 e. The van der Waals surface area contributed by atoms with Crippen LogP contribution in [0.5, 0.6) is 0 Å². The zero-order chi connectivity index (χ0) is 13.1. The first-order valence-corrected chi connectivity index (χ1v) is 6.10. The van der Waals surface area contributed by atoms with Crippen molar-refractivity contribution in [1.82, 2.24) is 10.2 Å². The molecular weight excluding hydrogens is 254 g/mol. The molecule has 6 nitrogen and oxygen atoms in total. The number of aryl methyl sites for hydroxylation is 1. The van der Waals surface area contributed by atoms with Gasteiger partial charge in [-0.3, -0.25) is 0 Å². The maximum Gasteiger partial charge on any atom is 0.338 e. The lowest BCUT2D eigenvalue weighted by Crippen LogP contribution is -2.06. The number of aromatic nitrogens is 2. The summed E-state index contributed by atoms with van der Waals surface area (Å²) in [5.74, 6) is -0.150. The number of thioether (sulfide) groups is 1. The largest absolute Gasteiger partial charge is 0.478 e. The first-order chi connectivity index (χ1) is 8.58. The smallest absolute Gasteiger partial charge is 0.338 e. The topological polar surface area (TPSA) is 102 Å². The monoisotopic (exact) mass is 265 g/mol. The summed E-state index contributed by atoms with van der Waals surface area (Å²) in [6, 6.07) is 5.00. The molecule has 0 spiro atoms. The Morgan fingerprint density at radius 2 is 2.28 bits per heavy atom. The second kappa shape index (κ2) is 5.09. The standard InChI is InChI=1S/C11H11N3O3S/c1-6-13-14-11(17-6)18-5-7-3-2-4-8(12)9(7)10(15)16/h2-4H,5,12H2,1H3,(H,15,16). The van der Waals surface area contributed by atoms with E-state index in [0.29, 0.717) is 22.4 Å². The maximum absolute atomic E-state index is 11.1. The molecule has 0 unspecified atom stereocenters. The number of carbonyl (C=O) groups is 1. The van der Waals surface area contributed by atoms with E-state index in [0.717, 1.165) is 0 Å². The Labute approximate surface area is 107 Å². The molecule has 0 fully saturated rings.